The molecule has 108 valence electrons. The minimum absolute atomic E-state index is 0.00965. The zero-order valence-corrected chi connectivity index (χ0v) is 11.6. The molecule has 7 heteroatoms. The van der Waals surface area contributed by atoms with E-state index in [0.717, 1.165) is 0 Å². The molecule has 0 radical (unpaired) electrons. The second-order valence-electron chi connectivity index (χ2n) is 4.75. The van der Waals surface area contributed by atoms with Crippen LogP contribution in [0.1, 0.15) is 19.8 Å². The zero-order chi connectivity index (χ0) is 14.6. The van der Waals surface area contributed by atoms with Crippen LogP contribution in [-0.4, -0.2) is 77.5 Å². The van der Waals surface area contributed by atoms with E-state index >= 15 is 0 Å². The van der Waals surface area contributed by atoms with E-state index in [1.807, 2.05) is 0 Å². The van der Waals surface area contributed by atoms with Gasteiger partial charge in [-0.05, 0) is 12.8 Å². The molecule has 19 heavy (non-hydrogen) atoms. The van der Waals surface area contributed by atoms with E-state index in [9.17, 15) is 14.4 Å². The van der Waals surface area contributed by atoms with Gasteiger partial charge in [0.25, 0.3) is 0 Å². The van der Waals surface area contributed by atoms with Crippen molar-refractivity contribution in [3.8, 4) is 0 Å². The van der Waals surface area contributed by atoms with Crippen LogP contribution >= 0.6 is 0 Å². The third-order valence-corrected chi connectivity index (χ3v) is 3.38. The maximum atomic E-state index is 12.2. The number of amides is 3. The topological polar surface area (TPSA) is 81.2 Å². The van der Waals surface area contributed by atoms with Crippen molar-refractivity contribution in [2.75, 3.05) is 33.7 Å². The van der Waals surface area contributed by atoms with Gasteiger partial charge in [0.1, 0.15) is 12.6 Å². The van der Waals surface area contributed by atoms with Crippen LogP contribution in [0.15, 0.2) is 0 Å². The first-order chi connectivity index (χ1) is 8.88. The summed E-state index contributed by atoms with van der Waals surface area (Å²) in [5.41, 5.74) is 0. The van der Waals surface area contributed by atoms with Crippen LogP contribution in [0.5, 0.6) is 0 Å². The van der Waals surface area contributed by atoms with Crippen LogP contribution in [-0.2, 0) is 9.59 Å². The highest BCUT2D eigenvalue weighted by Crippen LogP contribution is 2.10. The second kappa shape index (κ2) is 6.40. The fourth-order valence-corrected chi connectivity index (χ4v) is 2.12. The summed E-state index contributed by atoms with van der Waals surface area (Å²) in [6.45, 7) is 2.80. The molecular weight excluding hydrogens is 250 g/mol. The van der Waals surface area contributed by atoms with Gasteiger partial charge in [-0.1, -0.05) is 6.92 Å². The number of carboxylic acid groups (broad SMARTS) is 1. The van der Waals surface area contributed by atoms with Gasteiger partial charge in [0.2, 0.25) is 5.91 Å². The number of rotatable bonds is 3. The van der Waals surface area contributed by atoms with E-state index in [0.29, 0.717) is 25.9 Å². The van der Waals surface area contributed by atoms with Gasteiger partial charge in [0.05, 0.1) is 0 Å². The number of carbonyl (C=O) groups excluding carboxylic acids is 2. The van der Waals surface area contributed by atoms with Crippen molar-refractivity contribution in [3.05, 3.63) is 0 Å². The van der Waals surface area contributed by atoms with E-state index in [2.05, 4.69) is 0 Å². The first-order valence-corrected chi connectivity index (χ1v) is 6.37. The van der Waals surface area contributed by atoms with Crippen LogP contribution in [0.4, 0.5) is 4.79 Å². The summed E-state index contributed by atoms with van der Waals surface area (Å²) in [6, 6.07) is -1.26. The molecular formula is C12H21N3O4. The maximum absolute atomic E-state index is 12.2. The zero-order valence-electron chi connectivity index (χ0n) is 11.6. The van der Waals surface area contributed by atoms with Gasteiger partial charge in [-0.15, -0.1) is 0 Å². The van der Waals surface area contributed by atoms with Crippen molar-refractivity contribution >= 4 is 17.9 Å². The molecule has 0 spiro atoms. The number of hydrogen-bond acceptors (Lipinski definition) is 3. The molecule has 0 aliphatic carbocycles. The highest BCUT2D eigenvalue weighted by atomic mass is 16.4. The Morgan fingerprint density at radius 1 is 1.42 bits per heavy atom. The van der Waals surface area contributed by atoms with Gasteiger partial charge in [-0.3, -0.25) is 4.79 Å². The predicted molar refractivity (Wildman–Crippen MR) is 68.7 cm³/mol. The Morgan fingerprint density at radius 3 is 2.58 bits per heavy atom. The number of urea groups is 1. The molecule has 7 nitrogen and oxygen atoms in total. The van der Waals surface area contributed by atoms with Crippen LogP contribution < -0.4 is 0 Å². The molecule has 0 aromatic carbocycles. The first-order valence-electron chi connectivity index (χ1n) is 6.37. The van der Waals surface area contributed by atoms with Crippen molar-refractivity contribution in [1.29, 1.82) is 0 Å². The van der Waals surface area contributed by atoms with E-state index in [1.165, 1.54) is 16.8 Å². The van der Waals surface area contributed by atoms with Gasteiger partial charge < -0.3 is 19.8 Å². The number of carbonyl (C=O) groups is 3. The number of aliphatic carboxylic acids is 1. The lowest BCUT2D eigenvalue weighted by molar-refractivity contribution is -0.142. The Hall–Kier alpha value is -1.79. The lowest BCUT2D eigenvalue weighted by Gasteiger charge is -2.30. The van der Waals surface area contributed by atoms with Gasteiger partial charge in [-0.2, -0.15) is 0 Å². The Labute approximate surface area is 112 Å². The quantitative estimate of drug-likeness (QED) is 0.787. The molecule has 1 unspecified atom stereocenters. The Kier molecular flexibility index (Phi) is 5.14. The van der Waals surface area contributed by atoms with Crippen LogP contribution in [0.3, 0.4) is 0 Å². The summed E-state index contributed by atoms with van der Waals surface area (Å²) in [7, 11) is 3.16. The van der Waals surface area contributed by atoms with Gasteiger partial charge in [-0.25, -0.2) is 9.59 Å². The van der Waals surface area contributed by atoms with E-state index in [-0.39, 0.29) is 12.5 Å². The van der Waals surface area contributed by atoms with Crippen molar-refractivity contribution in [3.63, 3.8) is 0 Å². The first kappa shape index (κ1) is 15.3. The van der Waals surface area contributed by atoms with E-state index < -0.39 is 18.0 Å². The molecule has 1 fully saturated rings. The number of hydrogen-bond donors (Lipinski definition) is 1. The van der Waals surface area contributed by atoms with Gasteiger partial charge in [0, 0.05) is 27.2 Å². The summed E-state index contributed by atoms with van der Waals surface area (Å²) < 4.78 is 0. The summed E-state index contributed by atoms with van der Waals surface area (Å²) >= 11 is 0. The smallest absolute Gasteiger partial charge is 0.326 e. The molecule has 1 aliphatic heterocycles. The summed E-state index contributed by atoms with van der Waals surface area (Å²) in [5.74, 6) is -1.15. The molecule has 1 heterocycles. The molecule has 1 rings (SSSR count). The van der Waals surface area contributed by atoms with Crippen LogP contribution in [0.2, 0.25) is 0 Å². The Bertz CT molecular complexity index is 372. The Balaban J connectivity index is 2.75. The Morgan fingerprint density at radius 2 is 2.05 bits per heavy atom. The lowest BCUT2D eigenvalue weighted by Crippen LogP contribution is -2.50. The fourth-order valence-electron chi connectivity index (χ4n) is 2.12. The SMILES string of the molecule is CCC(C(=O)O)N(C)C(=O)N1CCCN(C)C(=O)C1. The van der Waals surface area contributed by atoms with Gasteiger partial charge in [0.15, 0.2) is 0 Å². The predicted octanol–water partition coefficient (Wildman–Crippen LogP) is 0.0655. The van der Waals surface area contributed by atoms with Crippen LogP contribution in [0.25, 0.3) is 0 Å². The molecule has 0 saturated carbocycles. The molecule has 1 N–H and O–H groups in total. The van der Waals surface area contributed by atoms with E-state index in [4.69, 9.17) is 5.11 Å². The molecule has 3 amide bonds. The second-order valence-corrected chi connectivity index (χ2v) is 4.75. The lowest BCUT2D eigenvalue weighted by atomic mass is 10.2. The summed E-state index contributed by atoms with van der Waals surface area (Å²) in [4.78, 5) is 39.2. The molecule has 1 saturated heterocycles. The maximum Gasteiger partial charge on any atom is 0.326 e. The van der Waals surface area contributed by atoms with Crippen molar-refractivity contribution < 1.29 is 19.5 Å². The molecule has 0 bridgehead atoms. The molecule has 0 aromatic rings. The monoisotopic (exact) mass is 271 g/mol. The largest absolute Gasteiger partial charge is 0.480 e. The minimum atomic E-state index is -1.03. The van der Waals surface area contributed by atoms with Crippen LogP contribution in [0, 0.1) is 0 Å². The average molecular weight is 271 g/mol. The van der Waals surface area contributed by atoms with E-state index in [1.54, 1.807) is 18.9 Å². The van der Waals surface area contributed by atoms with Crippen molar-refractivity contribution in [2.45, 2.75) is 25.8 Å². The fraction of sp³-hybridized carbons (Fsp3) is 0.750. The summed E-state index contributed by atoms with van der Waals surface area (Å²) in [6.07, 6.45) is 1.03. The third kappa shape index (κ3) is 3.59. The average Bonchev–Trinajstić information content (AvgIpc) is 2.51. The van der Waals surface area contributed by atoms with Gasteiger partial charge >= 0.3 is 12.0 Å². The standard InChI is InChI=1S/C12H21N3O4/c1-4-9(11(17)18)14(3)12(19)15-7-5-6-13(2)10(16)8-15/h9H,4-8H2,1-3H3,(H,17,18). The van der Waals surface area contributed by atoms with Crippen molar-refractivity contribution in [1.82, 2.24) is 14.7 Å². The number of carboxylic acids is 1. The molecule has 0 aromatic heterocycles. The number of nitrogens with zero attached hydrogens (tertiary/aromatic N) is 3. The minimum Gasteiger partial charge on any atom is -0.480 e. The summed E-state index contributed by atoms with van der Waals surface area (Å²) in [5, 5.41) is 9.05. The van der Waals surface area contributed by atoms with Crippen molar-refractivity contribution in [2.24, 2.45) is 0 Å². The normalized spacial score (nSPS) is 17.9. The third-order valence-electron chi connectivity index (χ3n) is 3.38. The highest BCUT2D eigenvalue weighted by molar-refractivity contribution is 5.86. The highest BCUT2D eigenvalue weighted by Gasteiger charge is 2.30. The molecule has 1 atom stereocenters. The molecule has 1 aliphatic rings. The number of likely N-dealkylation sites (N-methyl/N-ethyl adjacent to an activating group) is 2.